The summed E-state index contributed by atoms with van der Waals surface area (Å²) in [6, 6.07) is 3.60. The number of anilines is 1. The Morgan fingerprint density at radius 3 is 2.56 bits per heavy atom. The predicted molar refractivity (Wildman–Crippen MR) is 67.4 cm³/mol. The van der Waals surface area contributed by atoms with E-state index in [-0.39, 0.29) is 12.5 Å². The van der Waals surface area contributed by atoms with Gasteiger partial charge in [0.25, 0.3) is 0 Å². The van der Waals surface area contributed by atoms with Crippen LogP contribution in [-0.2, 0) is 11.3 Å². The minimum atomic E-state index is -0.367. The second kappa shape index (κ2) is 5.14. The summed E-state index contributed by atoms with van der Waals surface area (Å²) in [5.74, 6) is 0.992. The van der Waals surface area contributed by atoms with E-state index in [4.69, 9.17) is 20.9 Å². The monoisotopic (exact) mass is 251 g/mol. The second-order valence-corrected chi connectivity index (χ2v) is 4.33. The van der Waals surface area contributed by atoms with E-state index in [0.717, 1.165) is 5.56 Å². The van der Waals surface area contributed by atoms with Gasteiger partial charge in [0.2, 0.25) is 5.91 Å². The van der Waals surface area contributed by atoms with Crippen LogP contribution in [0.1, 0.15) is 5.56 Å². The Hall–Kier alpha value is -1.95. The number of nitrogen functional groups attached to an aromatic ring is 1. The lowest BCUT2D eigenvalue weighted by Crippen LogP contribution is -2.30. The topological polar surface area (TPSA) is 90.8 Å². The molecule has 1 aliphatic heterocycles. The van der Waals surface area contributed by atoms with Crippen LogP contribution in [0.4, 0.5) is 5.69 Å². The summed E-state index contributed by atoms with van der Waals surface area (Å²) >= 11 is 0. The zero-order valence-corrected chi connectivity index (χ0v) is 10.3. The highest BCUT2D eigenvalue weighted by Crippen LogP contribution is 2.34. The van der Waals surface area contributed by atoms with Gasteiger partial charge >= 0.3 is 0 Å². The third kappa shape index (κ3) is 2.84. The van der Waals surface area contributed by atoms with Crippen molar-refractivity contribution in [3.8, 4) is 11.5 Å². The van der Waals surface area contributed by atoms with E-state index in [1.165, 1.54) is 0 Å². The molecule has 0 aliphatic carbocycles. The zero-order chi connectivity index (χ0) is 13.1. The van der Waals surface area contributed by atoms with Crippen molar-refractivity contribution >= 4 is 11.6 Å². The van der Waals surface area contributed by atoms with E-state index in [2.05, 4.69) is 0 Å². The fourth-order valence-corrected chi connectivity index (χ4v) is 1.90. The number of carbonyl (C=O) groups excluding carboxylic acids is 1. The summed E-state index contributed by atoms with van der Waals surface area (Å²) in [4.78, 5) is 12.6. The second-order valence-electron chi connectivity index (χ2n) is 4.33. The smallest absolute Gasteiger partial charge is 0.231 e. The highest BCUT2D eigenvalue weighted by Gasteiger charge is 2.15. The number of fused-ring (bicyclic) bond motifs is 1. The molecule has 0 saturated heterocycles. The molecular formula is C12H17N3O3. The Kier molecular flexibility index (Phi) is 3.57. The molecule has 2 rings (SSSR count). The number of carbonyl (C=O) groups is 1. The van der Waals surface area contributed by atoms with Gasteiger partial charge in [-0.05, 0) is 18.7 Å². The van der Waals surface area contributed by atoms with Gasteiger partial charge in [0.1, 0.15) is 13.2 Å². The number of nitrogens with zero attached hydrogens (tertiary/aromatic N) is 1. The quantitative estimate of drug-likeness (QED) is 0.733. The summed E-state index contributed by atoms with van der Waals surface area (Å²) in [7, 11) is 1.81. The van der Waals surface area contributed by atoms with Gasteiger partial charge in [-0.2, -0.15) is 0 Å². The van der Waals surface area contributed by atoms with Crippen molar-refractivity contribution in [1.29, 1.82) is 0 Å². The van der Waals surface area contributed by atoms with Gasteiger partial charge in [-0.3, -0.25) is 9.69 Å². The van der Waals surface area contributed by atoms with Crippen LogP contribution in [-0.4, -0.2) is 37.6 Å². The third-order valence-electron chi connectivity index (χ3n) is 2.67. The number of amides is 1. The van der Waals surface area contributed by atoms with E-state index >= 15 is 0 Å². The van der Waals surface area contributed by atoms with Crippen molar-refractivity contribution in [3.05, 3.63) is 17.7 Å². The fraction of sp³-hybridized carbons (Fsp3) is 0.417. The molecule has 0 spiro atoms. The maximum absolute atomic E-state index is 10.8. The zero-order valence-electron chi connectivity index (χ0n) is 10.3. The molecule has 4 N–H and O–H groups in total. The summed E-state index contributed by atoms with van der Waals surface area (Å²) in [5, 5.41) is 0. The van der Waals surface area contributed by atoms with Crippen LogP contribution in [0.15, 0.2) is 12.1 Å². The van der Waals surface area contributed by atoms with Crippen LogP contribution in [0.2, 0.25) is 0 Å². The lowest BCUT2D eigenvalue weighted by Gasteiger charge is -2.22. The van der Waals surface area contributed by atoms with Gasteiger partial charge in [-0.25, -0.2) is 0 Å². The highest BCUT2D eigenvalue weighted by molar-refractivity contribution is 5.75. The summed E-state index contributed by atoms with van der Waals surface area (Å²) in [6.07, 6.45) is 0. The first kappa shape index (κ1) is 12.5. The van der Waals surface area contributed by atoms with E-state index in [0.29, 0.717) is 36.9 Å². The number of hydrogen-bond donors (Lipinski definition) is 2. The fourth-order valence-electron chi connectivity index (χ4n) is 1.90. The Morgan fingerprint density at radius 2 is 1.94 bits per heavy atom. The Bertz CT molecular complexity index is 462. The number of rotatable bonds is 4. The van der Waals surface area contributed by atoms with Crippen LogP contribution in [0, 0.1) is 0 Å². The molecule has 0 saturated carbocycles. The first-order chi connectivity index (χ1) is 8.56. The van der Waals surface area contributed by atoms with Crippen molar-refractivity contribution < 1.29 is 14.3 Å². The van der Waals surface area contributed by atoms with Crippen molar-refractivity contribution in [2.75, 3.05) is 32.5 Å². The molecule has 98 valence electrons. The molecule has 0 atom stereocenters. The number of ether oxygens (including phenoxy) is 2. The van der Waals surface area contributed by atoms with E-state index < -0.39 is 0 Å². The highest BCUT2D eigenvalue weighted by atomic mass is 16.6. The first-order valence-corrected chi connectivity index (χ1v) is 5.71. The molecule has 0 unspecified atom stereocenters. The largest absolute Gasteiger partial charge is 0.486 e. The molecule has 18 heavy (non-hydrogen) atoms. The normalized spacial score (nSPS) is 13.7. The van der Waals surface area contributed by atoms with Crippen LogP contribution in [0.5, 0.6) is 11.5 Å². The molecule has 1 aliphatic rings. The van der Waals surface area contributed by atoms with Gasteiger partial charge in [-0.1, -0.05) is 0 Å². The molecule has 1 amide bonds. The van der Waals surface area contributed by atoms with Crippen molar-refractivity contribution in [1.82, 2.24) is 4.90 Å². The lowest BCUT2D eigenvalue weighted by molar-refractivity contribution is -0.118. The van der Waals surface area contributed by atoms with Gasteiger partial charge in [0, 0.05) is 18.3 Å². The molecule has 0 radical (unpaired) electrons. The summed E-state index contributed by atoms with van der Waals surface area (Å²) < 4.78 is 10.9. The predicted octanol–water partition coefficient (Wildman–Crippen LogP) is -0.0429. The number of likely N-dealkylation sites (N-methyl/N-ethyl adjacent to an activating group) is 1. The minimum absolute atomic E-state index is 0.188. The van der Waals surface area contributed by atoms with Crippen molar-refractivity contribution in [2.45, 2.75) is 6.54 Å². The van der Waals surface area contributed by atoms with Gasteiger partial charge in [0.05, 0.1) is 6.54 Å². The molecule has 6 nitrogen and oxygen atoms in total. The standard InChI is InChI=1S/C12H17N3O3/c1-15(7-12(14)16)6-8-4-10-11(5-9(8)13)18-3-2-17-10/h4-5H,2-3,6-7,13H2,1H3,(H2,14,16). The minimum Gasteiger partial charge on any atom is -0.486 e. The number of primary amides is 1. The molecule has 1 heterocycles. The number of nitrogens with two attached hydrogens (primary N) is 2. The van der Waals surface area contributed by atoms with Crippen molar-refractivity contribution in [2.24, 2.45) is 5.73 Å². The Morgan fingerprint density at radius 1 is 1.33 bits per heavy atom. The van der Waals surface area contributed by atoms with Crippen LogP contribution >= 0.6 is 0 Å². The van der Waals surface area contributed by atoms with Gasteiger partial charge < -0.3 is 20.9 Å². The van der Waals surface area contributed by atoms with Gasteiger partial charge in [0.15, 0.2) is 11.5 Å². The van der Waals surface area contributed by atoms with Crippen LogP contribution < -0.4 is 20.9 Å². The third-order valence-corrected chi connectivity index (χ3v) is 2.67. The molecule has 1 aromatic carbocycles. The molecule has 6 heteroatoms. The van der Waals surface area contributed by atoms with Crippen LogP contribution in [0.3, 0.4) is 0 Å². The van der Waals surface area contributed by atoms with E-state index in [1.807, 2.05) is 6.07 Å². The molecular weight excluding hydrogens is 234 g/mol. The molecule has 1 aromatic rings. The molecule has 0 bridgehead atoms. The number of benzene rings is 1. The first-order valence-electron chi connectivity index (χ1n) is 5.71. The Balaban J connectivity index is 2.15. The maximum Gasteiger partial charge on any atom is 0.231 e. The molecule has 0 fully saturated rings. The maximum atomic E-state index is 10.8. The Labute approximate surface area is 105 Å². The SMILES string of the molecule is CN(CC(N)=O)Cc1cc2c(cc1N)OCCO2. The summed E-state index contributed by atoms with van der Waals surface area (Å²) in [6.45, 7) is 1.79. The van der Waals surface area contributed by atoms with Crippen molar-refractivity contribution in [3.63, 3.8) is 0 Å². The number of hydrogen-bond acceptors (Lipinski definition) is 5. The average molecular weight is 251 g/mol. The van der Waals surface area contributed by atoms with E-state index in [9.17, 15) is 4.79 Å². The van der Waals surface area contributed by atoms with E-state index in [1.54, 1.807) is 18.0 Å². The lowest BCUT2D eigenvalue weighted by atomic mass is 10.1. The summed E-state index contributed by atoms with van der Waals surface area (Å²) in [5.41, 5.74) is 12.6. The molecule has 0 aromatic heterocycles. The average Bonchev–Trinajstić information content (AvgIpc) is 2.29. The van der Waals surface area contributed by atoms with Crippen LogP contribution in [0.25, 0.3) is 0 Å². The van der Waals surface area contributed by atoms with Gasteiger partial charge in [-0.15, -0.1) is 0 Å².